The van der Waals surface area contributed by atoms with Crippen molar-refractivity contribution in [3.8, 4) is 17.2 Å². The summed E-state index contributed by atoms with van der Waals surface area (Å²) in [4.78, 5) is 1.20. The molecule has 0 N–H and O–H groups in total. The van der Waals surface area contributed by atoms with Gasteiger partial charge in [0, 0.05) is 10.6 Å². The highest BCUT2D eigenvalue weighted by Crippen LogP contribution is 2.22. The molecule has 0 radical (unpaired) electrons. The predicted molar refractivity (Wildman–Crippen MR) is 91.3 cm³/mol. The van der Waals surface area contributed by atoms with Crippen molar-refractivity contribution in [2.24, 2.45) is 0 Å². The van der Waals surface area contributed by atoms with Gasteiger partial charge < -0.3 is 14.2 Å². The molecule has 0 atom stereocenters. The molecule has 116 valence electrons. The Hall–Kier alpha value is -2.07. The van der Waals surface area contributed by atoms with E-state index >= 15 is 0 Å². The summed E-state index contributed by atoms with van der Waals surface area (Å²) in [5.41, 5.74) is 0. The summed E-state index contributed by atoms with van der Waals surface area (Å²) in [6.07, 6.45) is 1.74. The van der Waals surface area contributed by atoms with Crippen molar-refractivity contribution in [2.75, 3.05) is 26.1 Å². The number of methoxy groups -OCH3 is 1. The van der Waals surface area contributed by atoms with Crippen molar-refractivity contribution >= 4 is 11.8 Å². The minimum Gasteiger partial charge on any atom is -0.497 e. The number of hydrogen-bond donors (Lipinski definition) is 0. The van der Waals surface area contributed by atoms with Gasteiger partial charge in [-0.2, -0.15) is 0 Å². The molecular weight excluding hydrogens is 296 g/mol. The molecule has 0 saturated carbocycles. The first-order valence-corrected chi connectivity index (χ1v) is 8.04. The number of hydrogen-bond acceptors (Lipinski definition) is 4. The van der Waals surface area contributed by atoms with Crippen LogP contribution in [0.5, 0.6) is 17.2 Å². The molecule has 0 aliphatic carbocycles. The van der Waals surface area contributed by atoms with Gasteiger partial charge in [0.2, 0.25) is 0 Å². The summed E-state index contributed by atoms with van der Waals surface area (Å²) in [6.45, 7) is 4.82. The molecule has 3 nitrogen and oxygen atoms in total. The Labute approximate surface area is 135 Å². The minimum absolute atomic E-state index is 0.530. The van der Waals surface area contributed by atoms with E-state index in [4.69, 9.17) is 14.2 Å². The molecule has 0 heterocycles. The highest BCUT2D eigenvalue weighted by atomic mass is 32.2. The van der Waals surface area contributed by atoms with Crippen molar-refractivity contribution < 1.29 is 14.2 Å². The maximum atomic E-state index is 5.69. The quantitative estimate of drug-likeness (QED) is 0.388. The fraction of sp³-hybridized carbons (Fsp3) is 0.222. The Kier molecular flexibility index (Phi) is 6.71. The van der Waals surface area contributed by atoms with E-state index < -0.39 is 0 Å². The van der Waals surface area contributed by atoms with Gasteiger partial charge in [0.05, 0.1) is 13.7 Å². The van der Waals surface area contributed by atoms with Crippen LogP contribution in [0.4, 0.5) is 0 Å². The molecule has 0 amide bonds. The summed E-state index contributed by atoms with van der Waals surface area (Å²) in [6, 6.07) is 15.7. The number of ether oxygens (including phenoxy) is 3. The van der Waals surface area contributed by atoms with Crippen LogP contribution in [-0.4, -0.2) is 26.1 Å². The van der Waals surface area contributed by atoms with Crippen LogP contribution in [0.25, 0.3) is 0 Å². The van der Waals surface area contributed by atoms with E-state index in [0.29, 0.717) is 13.2 Å². The van der Waals surface area contributed by atoms with Crippen molar-refractivity contribution in [3.63, 3.8) is 0 Å². The van der Waals surface area contributed by atoms with Crippen LogP contribution in [0.1, 0.15) is 0 Å². The van der Waals surface area contributed by atoms with Crippen molar-refractivity contribution in [1.29, 1.82) is 0 Å². The van der Waals surface area contributed by atoms with Crippen LogP contribution >= 0.6 is 11.8 Å². The third-order valence-electron chi connectivity index (χ3n) is 2.87. The zero-order valence-electron chi connectivity index (χ0n) is 12.7. The zero-order valence-corrected chi connectivity index (χ0v) is 13.5. The Bertz CT molecular complexity index is 564. The summed E-state index contributed by atoms with van der Waals surface area (Å²) < 4.78 is 16.3. The standard InChI is InChI=1S/C18H20O3S/c1-3-12-20-17-8-10-18(11-9-17)22-14-13-21-16-6-4-15(19-2)5-7-16/h3-11H,1,12-14H2,2H3. The molecule has 0 bridgehead atoms. The van der Waals surface area contributed by atoms with Crippen molar-refractivity contribution in [2.45, 2.75) is 4.90 Å². The van der Waals surface area contributed by atoms with E-state index in [1.807, 2.05) is 36.4 Å². The topological polar surface area (TPSA) is 27.7 Å². The van der Waals surface area contributed by atoms with Gasteiger partial charge in [0.25, 0.3) is 0 Å². The average Bonchev–Trinajstić information content (AvgIpc) is 2.58. The SMILES string of the molecule is C=CCOc1ccc(SCCOc2ccc(OC)cc2)cc1. The second-order valence-corrected chi connectivity index (χ2v) is 5.61. The second kappa shape index (κ2) is 9.05. The van der Waals surface area contributed by atoms with Crippen LogP contribution in [0.2, 0.25) is 0 Å². The Morgan fingerprint density at radius 2 is 1.50 bits per heavy atom. The molecule has 22 heavy (non-hydrogen) atoms. The normalized spacial score (nSPS) is 10.0. The second-order valence-electron chi connectivity index (χ2n) is 4.44. The first-order valence-electron chi connectivity index (χ1n) is 7.05. The van der Waals surface area contributed by atoms with E-state index in [1.54, 1.807) is 24.9 Å². The van der Waals surface area contributed by atoms with Gasteiger partial charge in [0.1, 0.15) is 23.9 Å². The number of benzene rings is 2. The molecule has 2 aromatic carbocycles. The van der Waals surface area contributed by atoms with Gasteiger partial charge in [-0.1, -0.05) is 12.7 Å². The number of rotatable bonds is 9. The monoisotopic (exact) mass is 316 g/mol. The Balaban J connectivity index is 1.70. The molecule has 0 spiro atoms. The highest BCUT2D eigenvalue weighted by molar-refractivity contribution is 7.99. The van der Waals surface area contributed by atoms with Gasteiger partial charge in [-0.3, -0.25) is 0 Å². The highest BCUT2D eigenvalue weighted by Gasteiger charge is 1.98. The third kappa shape index (κ3) is 5.37. The molecule has 0 saturated heterocycles. The maximum absolute atomic E-state index is 5.69. The van der Waals surface area contributed by atoms with Gasteiger partial charge >= 0.3 is 0 Å². The minimum atomic E-state index is 0.530. The number of thioether (sulfide) groups is 1. The van der Waals surface area contributed by atoms with E-state index in [9.17, 15) is 0 Å². The molecule has 0 fully saturated rings. The summed E-state index contributed by atoms with van der Waals surface area (Å²) >= 11 is 1.75. The lowest BCUT2D eigenvalue weighted by atomic mass is 10.3. The largest absolute Gasteiger partial charge is 0.497 e. The summed E-state index contributed by atoms with van der Waals surface area (Å²) in [5, 5.41) is 0. The Morgan fingerprint density at radius 1 is 0.909 bits per heavy atom. The molecule has 0 unspecified atom stereocenters. The summed E-state index contributed by atoms with van der Waals surface area (Å²) in [5.74, 6) is 3.44. The lowest BCUT2D eigenvalue weighted by molar-refractivity contribution is 0.342. The maximum Gasteiger partial charge on any atom is 0.119 e. The van der Waals surface area contributed by atoms with E-state index in [2.05, 4.69) is 18.7 Å². The molecule has 0 aliphatic heterocycles. The van der Waals surface area contributed by atoms with Gasteiger partial charge in [-0.25, -0.2) is 0 Å². The lowest BCUT2D eigenvalue weighted by Crippen LogP contribution is -2.00. The fourth-order valence-electron chi connectivity index (χ4n) is 1.78. The van der Waals surface area contributed by atoms with E-state index in [0.717, 1.165) is 23.0 Å². The van der Waals surface area contributed by atoms with Crippen LogP contribution in [0, 0.1) is 0 Å². The predicted octanol–water partition coefficient (Wildman–Crippen LogP) is 4.43. The molecular formula is C18H20O3S. The fourth-order valence-corrected chi connectivity index (χ4v) is 2.51. The van der Waals surface area contributed by atoms with Gasteiger partial charge in [-0.15, -0.1) is 11.8 Å². The van der Waals surface area contributed by atoms with E-state index in [1.165, 1.54) is 4.90 Å². The van der Waals surface area contributed by atoms with Crippen molar-refractivity contribution in [3.05, 3.63) is 61.2 Å². The summed E-state index contributed by atoms with van der Waals surface area (Å²) in [7, 11) is 1.65. The Morgan fingerprint density at radius 3 is 2.14 bits per heavy atom. The van der Waals surface area contributed by atoms with Crippen LogP contribution in [0.3, 0.4) is 0 Å². The molecule has 2 rings (SSSR count). The van der Waals surface area contributed by atoms with Gasteiger partial charge in [-0.05, 0) is 48.5 Å². The zero-order chi connectivity index (χ0) is 15.6. The first kappa shape index (κ1) is 16.3. The lowest BCUT2D eigenvalue weighted by Gasteiger charge is -2.07. The van der Waals surface area contributed by atoms with E-state index in [-0.39, 0.29) is 0 Å². The first-order chi connectivity index (χ1) is 10.8. The molecule has 2 aromatic rings. The smallest absolute Gasteiger partial charge is 0.119 e. The molecule has 4 heteroatoms. The van der Waals surface area contributed by atoms with Gasteiger partial charge in [0.15, 0.2) is 0 Å². The van der Waals surface area contributed by atoms with Crippen LogP contribution < -0.4 is 14.2 Å². The van der Waals surface area contributed by atoms with Crippen LogP contribution in [-0.2, 0) is 0 Å². The molecule has 0 aromatic heterocycles. The average molecular weight is 316 g/mol. The molecule has 0 aliphatic rings. The van der Waals surface area contributed by atoms with Crippen LogP contribution in [0.15, 0.2) is 66.1 Å². The third-order valence-corrected chi connectivity index (χ3v) is 3.85. The van der Waals surface area contributed by atoms with Crippen molar-refractivity contribution in [1.82, 2.24) is 0 Å².